The number of rotatable bonds is 6. The van der Waals surface area contributed by atoms with E-state index < -0.39 is 21.7 Å². The highest BCUT2D eigenvalue weighted by atomic mass is 32.2. The maximum atomic E-state index is 13.4. The number of ether oxygens (including phenoxy) is 2. The summed E-state index contributed by atoms with van der Waals surface area (Å²) in [6.07, 6.45) is 0. The molecule has 0 spiro atoms. The summed E-state index contributed by atoms with van der Waals surface area (Å²) in [4.78, 5) is 1.86. The first-order chi connectivity index (χ1) is 13.3. The van der Waals surface area contributed by atoms with Crippen molar-refractivity contribution in [2.75, 3.05) is 40.4 Å². The average Bonchev–Trinajstić information content (AvgIpc) is 2.70. The van der Waals surface area contributed by atoms with Crippen molar-refractivity contribution in [2.45, 2.75) is 11.4 Å². The van der Waals surface area contributed by atoms with Gasteiger partial charge in [0.15, 0.2) is 11.6 Å². The Bertz CT molecular complexity index is 945. The van der Waals surface area contributed by atoms with Crippen LogP contribution in [0.2, 0.25) is 0 Å². The van der Waals surface area contributed by atoms with E-state index in [0.29, 0.717) is 19.6 Å². The normalized spacial score (nSPS) is 16.1. The molecule has 0 radical (unpaired) electrons. The van der Waals surface area contributed by atoms with Crippen molar-refractivity contribution >= 4 is 10.0 Å². The van der Waals surface area contributed by atoms with Gasteiger partial charge < -0.3 is 9.47 Å². The SMILES string of the molecule is COc1ccc(OC)c(CN2CCN(S(=O)(=O)c3ccc(F)c(F)c3)CC2)c1. The Morgan fingerprint density at radius 2 is 1.64 bits per heavy atom. The Morgan fingerprint density at radius 3 is 2.25 bits per heavy atom. The van der Waals surface area contributed by atoms with Gasteiger partial charge in [0.05, 0.1) is 19.1 Å². The lowest BCUT2D eigenvalue weighted by atomic mass is 10.1. The Balaban J connectivity index is 1.68. The number of benzene rings is 2. The summed E-state index contributed by atoms with van der Waals surface area (Å²) in [7, 11) is -0.680. The number of sulfonamides is 1. The van der Waals surface area contributed by atoms with E-state index in [9.17, 15) is 17.2 Å². The van der Waals surface area contributed by atoms with Gasteiger partial charge in [0, 0.05) is 38.3 Å². The van der Waals surface area contributed by atoms with Crippen LogP contribution in [0.25, 0.3) is 0 Å². The molecular weight excluding hydrogens is 390 g/mol. The third kappa shape index (κ3) is 4.26. The number of piperazine rings is 1. The average molecular weight is 412 g/mol. The summed E-state index contributed by atoms with van der Waals surface area (Å²) in [6, 6.07) is 8.17. The highest BCUT2D eigenvalue weighted by Crippen LogP contribution is 2.26. The van der Waals surface area contributed by atoms with Crippen molar-refractivity contribution in [3.05, 3.63) is 53.6 Å². The molecule has 0 aliphatic carbocycles. The fraction of sp³-hybridized carbons (Fsp3) is 0.368. The number of hydrogen-bond acceptors (Lipinski definition) is 5. The second-order valence-corrected chi connectivity index (χ2v) is 8.37. The molecule has 0 N–H and O–H groups in total. The summed E-state index contributed by atoms with van der Waals surface area (Å²) in [5, 5.41) is 0. The van der Waals surface area contributed by atoms with Crippen LogP contribution in [-0.2, 0) is 16.6 Å². The van der Waals surface area contributed by atoms with E-state index in [-0.39, 0.29) is 18.0 Å². The minimum absolute atomic E-state index is 0.241. The number of nitrogens with zero attached hydrogens (tertiary/aromatic N) is 2. The monoisotopic (exact) mass is 412 g/mol. The third-order valence-corrected chi connectivity index (χ3v) is 6.64. The Kier molecular flexibility index (Phi) is 6.17. The predicted octanol–water partition coefficient (Wildman–Crippen LogP) is 2.49. The molecule has 1 fully saturated rings. The standard InChI is InChI=1S/C19H22F2N2O4S/c1-26-15-3-6-19(27-2)14(11-15)13-22-7-9-23(10-8-22)28(24,25)16-4-5-17(20)18(21)12-16/h3-6,11-12H,7-10,13H2,1-2H3. The lowest BCUT2D eigenvalue weighted by Crippen LogP contribution is -2.48. The van der Waals surface area contributed by atoms with Crippen molar-refractivity contribution in [1.82, 2.24) is 9.21 Å². The molecule has 1 aliphatic heterocycles. The quantitative estimate of drug-likeness (QED) is 0.730. The molecule has 0 bridgehead atoms. The van der Waals surface area contributed by atoms with Gasteiger partial charge >= 0.3 is 0 Å². The van der Waals surface area contributed by atoms with Crippen molar-refractivity contribution in [1.29, 1.82) is 0 Å². The van der Waals surface area contributed by atoms with Crippen molar-refractivity contribution in [3.63, 3.8) is 0 Å². The Hall–Kier alpha value is -2.23. The first-order valence-corrected chi connectivity index (χ1v) is 10.2. The molecule has 0 aromatic heterocycles. The van der Waals surface area contributed by atoms with Crippen LogP contribution < -0.4 is 9.47 Å². The van der Waals surface area contributed by atoms with E-state index in [2.05, 4.69) is 4.90 Å². The lowest BCUT2D eigenvalue weighted by Gasteiger charge is -2.34. The van der Waals surface area contributed by atoms with Gasteiger partial charge in [0.25, 0.3) is 0 Å². The maximum Gasteiger partial charge on any atom is 0.243 e. The third-order valence-electron chi connectivity index (χ3n) is 4.74. The van der Waals surface area contributed by atoms with Gasteiger partial charge in [0.2, 0.25) is 10.0 Å². The summed E-state index contributed by atoms with van der Waals surface area (Å²) >= 11 is 0. The summed E-state index contributed by atoms with van der Waals surface area (Å²) in [6.45, 7) is 2.10. The van der Waals surface area contributed by atoms with E-state index in [0.717, 1.165) is 35.3 Å². The molecule has 2 aromatic rings. The predicted molar refractivity (Wildman–Crippen MR) is 99.9 cm³/mol. The largest absolute Gasteiger partial charge is 0.497 e. The van der Waals surface area contributed by atoms with Crippen LogP contribution in [0.4, 0.5) is 8.78 Å². The zero-order valence-electron chi connectivity index (χ0n) is 15.7. The van der Waals surface area contributed by atoms with Gasteiger partial charge in [0.1, 0.15) is 11.5 Å². The Labute approximate surface area is 163 Å². The van der Waals surface area contributed by atoms with Crippen LogP contribution in [0.1, 0.15) is 5.56 Å². The minimum atomic E-state index is -3.87. The van der Waals surface area contributed by atoms with E-state index in [1.165, 1.54) is 4.31 Å². The van der Waals surface area contributed by atoms with Crippen LogP contribution in [0.15, 0.2) is 41.3 Å². The molecule has 1 saturated heterocycles. The molecule has 2 aromatic carbocycles. The first-order valence-electron chi connectivity index (χ1n) is 8.73. The van der Waals surface area contributed by atoms with Crippen LogP contribution in [0, 0.1) is 11.6 Å². The summed E-state index contributed by atoms with van der Waals surface area (Å²) in [5.41, 5.74) is 0.943. The zero-order valence-corrected chi connectivity index (χ0v) is 16.5. The highest BCUT2D eigenvalue weighted by molar-refractivity contribution is 7.89. The highest BCUT2D eigenvalue weighted by Gasteiger charge is 2.29. The van der Waals surface area contributed by atoms with Gasteiger partial charge in [-0.15, -0.1) is 0 Å². The molecular formula is C19H22F2N2O4S. The van der Waals surface area contributed by atoms with Crippen LogP contribution in [0.3, 0.4) is 0 Å². The molecule has 1 aliphatic rings. The van der Waals surface area contributed by atoms with Gasteiger partial charge in [-0.3, -0.25) is 4.90 Å². The second-order valence-electron chi connectivity index (χ2n) is 6.43. The number of halogens is 2. The van der Waals surface area contributed by atoms with Crippen molar-refractivity contribution in [3.8, 4) is 11.5 Å². The Morgan fingerprint density at radius 1 is 0.929 bits per heavy atom. The first kappa shape index (κ1) is 20.5. The molecule has 6 nitrogen and oxygen atoms in total. The van der Waals surface area contributed by atoms with Crippen molar-refractivity contribution in [2.24, 2.45) is 0 Å². The molecule has 0 amide bonds. The van der Waals surface area contributed by atoms with Gasteiger partial charge in [-0.2, -0.15) is 4.31 Å². The molecule has 0 unspecified atom stereocenters. The maximum absolute atomic E-state index is 13.4. The molecule has 0 saturated carbocycles. The topological polar surface area (TPSA) is 59.1 Å². The summed E-state index contributed by atoms with van der Waals surface area (Å²) in [5.74, 6) is -0.797. The number of hydrogen-bond donors (Lipinski definition) is 0. The van der Waals surface area contributed by atoms with Gasteiger partial charge in [-0.25, -0.2) is 17.2 Å². The van der Waals surface area contributed by atoms with E-state index in [1.54, 1.807) is 14.2 Å². The number of methoxy groups -OCH3 is 2. The molecule has 9 heteroatoms. The van der Waals surface area contributed by atoms with Crippen LogP contribution in [-0.4, -0.2) is 58.0 Å². The molecule has 3 rings (SSSR count). The zero-order chi connectivity index (χ0) is 20.3. The smallest absolute Gasteiger partial charge is 0.243 e. The van der Waals surface area contributed by atoms with Crippen LogP contribution >= 0.6 is 0 Å². The minimum Gasteiger partial charge on any atom is -0.497 e. The van der Waals surface area contributed by atoms with E-state index in [4.69, 9.17) is 9.47 Å². The lowest BCUT2D eigenvalue weighted by molar-refractivity contribution is 0.180. The summed E-state index contributed by atoms with van der Waals surface area (Å²) < 4.78 is 63.8. The van der Waals surface area contributed by atoms with E-state index >= 15 is 0 Å². The molecule has 152 valence electrons. The van der Waals surface area contributed by atoms with Crippen LogP contribution in [0.5, 0.6) is 11.5 Å². The molecule has 1 heterocycles. The van der Waals surface area contributed by atoms with Gasteiger partial charge in [-0.1, -0.05) is 0 Å². The fourth-order valence-electron chi connectivity index (χ4n) is 3.16. The van der Waals surface area contributed by atoms with Gasteiger partial charge in [-0.05, 0) is 36.4 Å². The molecule has 0 atom stereocenters. The van der Waals surface area contributed by atoms with E-state index in [1.807, 2.05) is 18.2 Å². The second kappa shape index (κ2) is 8.42. The molecule has 28 heavy (non-hydrogen) atoms. The fourth-order valence-corrected chi connectivity index (χ4v) is 4.60. The van der Waals surface area contributed by atoms with Crippen molar-refractivity contribution < 1.29 is 26.7 Å².